The molecule has 172 valence electrons. The lowest BCUT2D eigenvalue weighted by Gasteiger charge is -2.44. The molecule has 1 heterocycles. The molecule has 1 saturated heterocycles. The molecule has 0 aromatic rings. The van der Waals surface area contributed by atoms with E-state index < -0.39 is 18.3 Å². The zero-order valence-electron chi connectivity index (χ0n) is 19.4. The van der Waals surface area contributed by atoms with Crippen molar-refractivity contribution in [3.05, 3.63) is 47.6 Å². The van der Waals surface area contributed by atoms with E-state index in [0.29, 0.717) is 37.2 Å². The van der Waals surface area contributed by atoms with Crippen molar-refractivity contribution in [3.63, 3.8) is 0 Å². The van der Waals surface area contributed by atoms with Crippen molar-refractivity contribution in [1.29, 1.82) is 0 Å². The summed E-state index contributed by atoms with van der Waals surface area (Å²) in [5, 5.41) is 30.5. The van der Waals surface area contributed by atoms with E-state index >= 15 is 0 Å². The van der Waals surface area contributed by atoms with Crippen LogP contribution in [-0.2, 0) is 4.74 Å². The van der Waals surface area contributed by atoms with Gasteiger partial charge in [0, 0.05) is 6.42 Å². The number of epoxide rings is 1. The van der Waals surface area contributed by atoms with Gasteiger partial charge in [-0.25, -0.2) is 0 Å². The molecule has 3 aliphatic carbocycles. The maximum absolute atomic E-state index is 10.4. The van der Waals surface area contributed by atoms with Gasteiger partial charge in [0.2, 0.25) is 0 Å². The Bertz CT molecular complexity index is 789. The van der Waals surface area contributed by atoms with E-state index in [0.717, 1.165) is 17.6 Å². The van der Waals surface area contributed by atoms with Gasteiger partial charge in [-0.15, -0.1) is 0 Å². The van der Waals surface area contributed by atoms with Gasteiger partial charge in [0.05, 0.1) is 18.8 Å². The molecule has 4 rings (SSSR count). The van der Waals surface area contributed by atoms with Crippen molar-refractivity contribution < 1.29 is 20.1 Å². The highest BCUT2D eigenvalue weighted by atomic mass is 16.6. The number of hydrogen-bond acceptors (Lipinski definition) is 4. The third kappa shape index (κ3) is 4.50. The largest absolute Gasteiger partial charge is 0.393 e. The molecule has 0 amide bonds. The molecule has 3 saturated carbocycles. The Morgan fingerprint density at radius 2 is 1.90 bits per heavy atom. The monoisotopic (exact) mass is 428 g/mol. The number of aliphatic hydroxyl groups excluding tert-OH is 3. The van der Waals surface area contributed by atoms with E-state index in [1.54, 1.807) is 0 Å². The minimum atomic E-state index is -0.632. The first kappa shape index (κ1) is 23.0. The lowest BCUT2D eigenvalue weighted by Crippen LogP contribution is -2.35. The van der Waals surface area contributed by atoms with Crippen molar-refractivity contribution in [2.75, 3.05) is 6.61 Å². The molecule has 8 atom stereocenters. The van der Waals surface area contributed by atoms with Gasteiger partial charge in [0.25, 0.3) is 0 Å². The first-order valence-electron chi connectivity index (χ1n) is 12.1. The third-order valence-corrected chi connectivity index (χ3v) is 8.76. The van der Waals surface area contributed by atoms with Crippen LogP contribution in [0.25, 0.3) is 0 Å². The average Bonchev–Trinajstić information content (AvgIpc) is 3.37. The normalized spacial score (nSPS) is 45.3. The van der Waals surface area contributed by atoms with Gasteiger partial charge in [-0.1, -0.05) is 50.3 Å². The summed E-state index contributed by atoms with van der Waals surface area (Å²) in [7, 11) is 0. The molecule has 0 aromatic heterocycles. The molecule has 4 fully saturated rings. The lowest BCUT2D eigenvalue weighted by atomic mass is 9.61. The summed E-state index contributed by atoms with van der Waals surface area (Å²) in [4.78, 5) is 0. The first-order valence-corrected chi connectivity index (χ1v) is 12.1. The van der Waals surface area contributed by atoms with E-state index in [1.807, 2.05) is 13.0 Å². The van der Waals surface area contributed by atoms with Crippen LogP contribution in [0, 0.1) is 23.2 Å². The van der Waals surface area contributed by atoms with Crippen LogP contribution in [0.2, 0.25) is 0 Å². The van der Waals surface area contributed by atoms with Crippen molar-refractivity contribution in [3.8, 4) is 0 Å². The van der Waals surface area contributed by atoms with Crippen LogP contribution in [-0.4, -0.2) is 45.8 Å². The highest BCUT2D eigenvalue weighted by Crippen LogP contribution is 2.59. The van der Waals surface area contributed by atoms with Crippen LogP contribution in [0.1, 0.15) is 65.7 Å². The number of rotatable bonds is 5. The Labute approximate surface area is 187 Å². The fraction of sp³-hybridized carbons (Fsp3) is 0.704. The molecule has 0 unspecified atom stereocenters. The van der Waals surface area contributed by atoms with E-state index in [4.69, 9.17) is 4.74 Å². The molecule has 4 heteroatoms. The first-order chi connectivity index (χ1) is 14.6. The summed E-state index contributed by atoms with van der Waals surface area (Å²) in [6.07, 6.45) is 13.9. The Morgan fingerprint density at radius 1 is 1.16 bits per heavy atom. The summed E-state index contributed by atoms with van der Waals surface area (Å²) in [6.45, 7) is 11.4. The van der Waals surface area contributed by atoms with E-state index in [9.17, 15) is 15.3 Å². The van der Waals surface area contributed by atoms with Crippen LogP contribution in [0.3, 0.4) is 0 Å². The zero-order chi connectivity index (χ0) is 22.4. The van der Waals surface area contributed by atoms with Crippen LogP contribution in [0.4, 0.5) is 0 Å². The number of ether oxygens (including phenoxy) is 1. The number of aliphatic hydroxyl groups is 3. The molecule has 3 N–H and O–H groups in total. The van der Waals surface area contributed by atoms with Crippen LogP contribution in [0.5, 0.6) is 0 Å². The second-order valence-electron chi connectivity index (χ2n) is 11.0. The Hall–Kier alpha value is -1.20. The van der Waals surface area contributed by atoms with Gasteiger partial charge in [-0.2, -0.15) is 0 Å². The summed E-state index contributed by atoms with van der Waals surface area (Å²) in [5.41, 5.74) is 3.16. The SMILES string of the molecule is C=C1/C(=C/C=C2\CCC[C@]3(C)[C@@H]([C@H](C)/C=C/[C@H](O)[C@]4(C)CO4)CC[C@@H]23)C[C@@H](O)C[C@@H]1O. The maximum atomic E-state index is 10.4. The van der Waals surface area contributed by atoms with Gasteiger partial charge in [0.1, 0.15) is 11.7 Å². The molecular weight excluding hydrogens is 388 g/mol. The molecule has 0 radical (unpaired) electrons. The lowest BCUT2D eigenvalue weighted by molar-refractivity contribution is 0.0862. The highest BCUT2D eigenvalue weighted by Gasteiger charge is 2.50. The highest BCUT2D eigenvalue weighted by molar-refractivity contribution is 5.38. The van der Waals surface area contributed by atoms with Gasteiger partial charge in [-0.05, 0) is 79.8 Å². The minimum absolute atomic E-state index is 0.278. The molecule has 4 aliphatic rings. The second-order valence-corrected chi connectivity index (χ2v) is 11.0. The standard InChI is InChI=1S/C27H40O4/c1-17(7-12-25(30)27(4)16-31-27)22-10-11-23-19(6-5-13-26(22,23)3)8-9-20-14-21(28)15-24(29)18(20)2/h7-9,12,17,21-25,28-30H,2,5-6,10-11,13-16H2,1,3-4H3/b12-7+,19-8+,20-9+/t17-,21-,22-,23+,24+,25+,26-,27+/m1/s1. The summed E-state index contributed by atoms with van der Waals surface area (Å²) in [5.74, 6) is 1.62. The van der Waals surface area contributed by atoms with Gasteiger partial charge in [-0.3, -0.25) is 0 Å². The Kier molecular flexibility index (Phi) is 6.39. The van der Waals surface area contributed by atoms with Crippen LogP contribution in [0.15, 0.2) is 47.6 Å². The zero-order valence-corrected chi connectivity index (χ0v) is 19.4. The van der Waals surface area contributed by atoms with E-state index in [-0.39, 0.29) is 11.0 Å². The van der Waals surface area contributed by atoms with E-state index in [2.05, 4.69) is 38.7 Å². The summed E-state index contributed by atoms with van der Waals surface area (Å²) < 4.78 is 5.38. The van der Waals surface area contributed by atoms with Crippen molar-refractivity contribution in [1.82, 2.24) is 0 Å². The van der Waals surface area contributed by atoms with Gasteiger partial charge in [0.15, 0.2) is 0 Å². The van der Waals surface area contributed by atoms with Crippen molar-refractivity contribution >= 4 is 0 Å². The molecule has 0 aromatic carbocycles. The minimum Gasteiger partial charge on any atom is -0.393 e. The maximum Gasteiger partial charge on any atom is 0.118 e. The van der Waals surface area contributed by atoms with Gasteiger partial charge < -0.3 is 20.1 Å². The molecule has 0 bridgehead atoms. The average molecular weight is 429 g/mol. The summed E-state index contributed by atoms with van der Waals surface area (Å²) in [6, 6.07) is 0. The van der Waals surface area contributed by atoms with Crippen molar-refractivity contribution in [2.45, 2.75) is 89.6 Å². The fourth-order valence-electron chi connectivity index (χ4n) is 6.51. The Balaban J connectivity index is 1.48. The predicted molar refractivity (Wildman–Crippen MR) is 123 cm³/mol. The van der Waals surface area contributed by atoms with Crippen molar-refractivity contribution in [2.24, 2.45) is 23.2 Å². The molecule has 31 heavy (non-hydrogen) atoms. The third-order valence-electron chi connectivity index (χ3n) is 8.76. The predicted octanol–water partition coefficient (Wildman–Crippen LogP) is 4.47. The number of allylic oxidation sites excluding steroid dienone is 4. The fourth-order valence-corrected chi connectivity index (χ4v) is 6.51. The molecular formula is C27H40O4. The smallest absolute Gasteiger partial charge is 0.118 e. The molecule has 1 aliphatic heterocycles. The number of fused-ring (bicyclic) bond motifs is 1. The summed E-state index contributed by atoms with van der Waals surface area (Å²) >= 11 is 0. The van der Waals surface area contributed by atoms with Crippen LogP contribution < -0.4 is 0 Å². The number of hydrogen-bond donors (Lipinski definition) is 3. The molecule has 4 nitrogen and oxygen atoms in total. The van der Waals surface area contributed by atoms with Crippen LogP contribution >= 0.6 is 0 Å². The second kappa shape index (κ2) is 8.62. The quantitative estimate of drug-likeness (QED) is 0.446. The van der Waals surface area contributed by atoms with E-state index in [1.165, 1.54) is 31.3 Å². The Morgan fingerprint density at radius 3 is 2.61 bits per heavy atom. The molecule has 0 spiro atoms. The van der Waals surface area contributed by atoms with Gasteiger partial charge >= 0.3 is 0 Å². The topological polar surface area (TPSA) is 73.2 Å².